The Hall–Kier alpha value is -0.970. The molecule has 4 nitrogen and oxygen atoms in total. The van der Waals surface area contributed by atoms with E-state index in [9.17, 15) is 9.59 Å². The Bertz CT molecular complexity index is 310. The average molecular weight is 243 g/mol. The lowest BCUT2D eigenvalue weighted by Gasteiger charge is -2.34. The van der Waals surface area contributed by atoms with Crippen LogP contribution in [0.2, 0.25) is 0 Å². The van der Waals surface area contributed by atoms with Gasteiger partial charge in [0.15, 0.2) is 0 Å². The second-order valence-electron chi connectivity index (χ2n) is 4.08. The third kappa shape index (κ3) is 3.89. The molecule has 0 saturated carbocycles. The zero-order valence-electron chi connectivity index (χ0n) is 9.60. The second-order valence-corrected chi connectivity index (χ2v) is 5.23. The van der Waals surface area contributed by atoms with Crippen LogP contribution in [0.3, 0.4) is 0 Å². The van der Waals surface area contributed by atoms with E-state index in [4.69, 9.17) is 5.11 Å². The number of allylic oxidation sites excluding steroid dienone is 1. The molecule has 0 aromatic rings. The van der Waals surface area contributed by atoms with Gasteiger partial charge < -0.3 is 10.0 Å². The number of hydrogen-bond donors (Lipinski definition) is 1. The Morgan fingerprint density at radius 3 is 2.75 bits per heavy atom. The van der Waals surface area contributed by atoms with E-state index in [0.29, 0.717) is 12.3 Å². The van der Waals surface area contributed by atoms with E-state index in [-0.39, 0.29) is 18.4 Å². The smallest absolute Gasteiger partial charge is 0.305 e. The number of aliphatic carboxylic acids is 1. The molecular weight excluding hydrogens is 226 g/mol. The van der Waals surface area contributed by atoms with E-state index >= 15 is 0 Å². The fourth-order valence-electron chi connectivity index (χ4n) is 1.65. The van der Waals surface area contributed by atoms with Crippen LogP contribution in [0.1, 0.15) is 20.3 Å². The van der Waals surface area contributed by atoms with Crippen LogP contribution in [0, 0.1) is 0 Å². The summed E-state index contributed by atoms with van der Waals surface area (Å²) < 4.78 is 0. The number of carboxylic acid groups (broad SMARTS) is 1. The second kappa shape index (κ2) is 5.94. The van der Waals surface area contributed by atoms with Crippen molar-refractivity contribution >= 4 is 23.6 Å². The number of rotatable bonds is 3. The van der Waals surface area contributed by atoms with Crippen LogP contribution in [0.4, 0.5) is 0 Å². The highest BCUT2D eigenvalue weighted by atomic mass is 32.2. The number of carbonyl (C=O) groups excluding carboxylic acids is 1. The van der Waals surface area contributed by atoms with Crippen molar-refractivity contribution in [3.05, 3.63) is 11.6 Å². The van der Waals surface area contributed by atoms with Gasteiger partial charge in [0.1, 0.15) is 0 Å². The van der Waals surface area contributed by atoms with Crippen LogP contribution >= 0.6 is 11.8 Å². The van der Waals surface area contributed by atoms with Crippen LogP contribution in [0.25, 0.3) is 0 Å². The molecule has 0 aromatic carbocycles. The van der Waals surface area contributed by atoms with Gasteiger partial charge in [0, 0.05) is 24.1 Å². The van der Waals surface area contributed by atoms with E-state index in [1.165, 1.54) is 0 Å². The highest BCUT2D eigenvalue weighted by Crippen LogP contribution is 2.19. The Morgan fingerprint density at radius 1 is 1.50 bits per heavy atom. The van der Waals surface area contributed by atoms with Crippen molar-refractivity contribution in [1.29, 1.82) is 0 Å². The van der Waals surface area contributed by atoms with Gasteiger partial charge in [0.25, 0.3) is 0 Å². The first-order chi connectivity index (χ1) is 7.50. The minimum atomic E-state index is -0.845. The van der Waals surface area contributed by atoms with Gasteiger partial charge in [-0.05, 0) is 13.8 Å². The molecule has 1 aliphatic rings. The normalized spacial score (nSPS) is 20.4. The molecule has 1 atom stereocenters. The number of thioether (sulfide) groups is 1. The molecular formula is C11H17NO3S. The predicted molar refractivity (Wildman–Crippen MR) is 64.5 cm³/mol. The monoisotopic (exact) mass is 243 g/mol. The Morgan fingerprint density at radius 2 is 2.19 bits per heavy atom. The minimum absolute atomic E-state index is 0.0370. The maximum absolute atomic E-state index is 11.8. The summed E-state index contributed by atoms with van der Waals surface area (Å²) in [6.07, 6.45) is 1.61. The highest BCUT2D eigenvalue weighted by Gasteiger charge is 2.27. The summed E-state index contributed by atoms with van der Waals surface area (Å²) in [6.45, 7) is 4.37. The Balaban J connectivity index is 2.70. The molecule has 1 fully saturated rings. The topological polar surface area (TPSA) is 57.6 Å². The average Bonchev–Trinajstić information content (AvgIpc) is 2.16. The maximum atomic E-state index is 11.8. The summed E-state index contributed by atoms with van der Waals surface area (Å²) in [4.78, 5) is 24.2. The Kier molecular flexibility index (Phi) is 4.86. The SMILES string of the molecule is CC(C)=CC(=O)N1CCSCC1CC(=O)O. The van der Waals surface area contributed by atoms with Crippen molar-refractivity contribution < 1.29 is 14.7 Å². The van der Waals surface area contributed by atoms with Crippen molar-refractivity contribution in [2.45, 2.75) is 26.3 Å². The molecule has 0 aliphatic carbocycles. The third-order valence-corrected chi connectivity index (χ3v) is 3.42. The first-order valence-corrected chi connectivity index (χ1v) is 6.41. The zero-order chi connectivity index (χ0) is 12.1. The molecule has 1 saturated heterocycles. The van der Waals surface area contributed by atoms with Gasteiger partial charge in [-0.2, -0.15) is 11.8 Å². The van der Waals surface area contributed by atoms with E-state index in [1.807, 2.05) is 13.8 Å². The summed E-state index contributed by atoms with van der Waals surface area (Å²) in [5, 5.41) is 8.78. The molecule has 1 heterocycles. The number of nitrogens with zero attached hydrogens (tertiary/aromatic N) is 1. The molecule has 1 unspecified atom stereocenters. The molecule has 0 spiro atoms. The lowest BCUT2D eigenvalue weighted by atomic mass is 10.2. The van der Waals surface area contributed by atoms with Crippen molar-refractivity contribution in [3.8, 4) is 0 Å². The van der Waals surface area contributed by atoms with Gasteiger partial charge in [-0.3, -0.25) is 9.59 Å². The first kappa shape index (κ1) is 13.1. The van der Waals surface area contributed by atoms with Gasteiger partial charge in [-0.25, -0.2) is 0 Å². The van der Waals surface area contributed by atoms with Crippen molar-refractivity contribution in [3.63, 3.8) is 0 Å². The van der Waals surface area contributed by atoms with Gasteiger partial charge in [0.2, 0.25) is 5.91 Å². The van der Waals surface area contributed by atoms with Gasteiger partial charge in [0.05, 0.1) is 12.5 Å². The molecule has 0 radical (unpaired) electrons. The Labute approximate surface area is 99.7 Å². The van der Waals surface area contributed by atoms with Crippen LogP contribution < -0.4 is 0 Å². The fourth-order valence-corrected chi connectivity index (χ4v) is 2.71. The molecule has 1 rings (SSSR count). The van der Waals surface area contributed by atoms with E-state index < -0.39 is 5.97 Å². The summed E-state index contributed by atoms with van der Waals surface area (Å²) in [5.74, 6) is 0.696. The molecule has 16 heavy (non-hydrogen) atoms. The molecule has 1 amide bonds. The fraction of sp³-hybridized carbons (Fsp3) is 0.636. The van der Waals surface area contributed by atoms with Crippen molar-refractivity contribution in [2.24, 2.45) is 0 Å². The quantitative estimate of drug-likeness (QED) is 0.761. The number of hydrogen-bond acceptors (Lipinski definition) is 3. The first-order valence-electron chi connectivity index (χ1n) is 5.25. The summed E-state index contributed by atoms with van der Waals surface area (Å²) in [5.41, 5.74) is 0.942. The third-order valence-electron chi connectivity index (χ3n) is 2.33. The highest BCUT2D eigenvalue weighted by molar-refractivity contribution is 7.99. The number of carboxylic acids is 1. The molecule has 0 bridgehead atoms. The predicted octanol–water partition coefficient (Wildman–Crippen LogP) is 1.37. The minimum Gasteiger partial charge on any atom is -0.481 e. The molecule has 1 N–H and O–H groups in total. The number of carbonyl (C=O) groups is 2. The van der Waals surface area contributed by atoms with E-state index in [2.05, 4.69) is 0 Å². The van der Waals surface area contributed by atoms with Gasteiger partial charge in [-0.15, -0.1) is 0 Å². The van der Waals surface area contributed by atoms with E-state index in [0.717, 1.165) is 11.3 Å². The lowest BCUT2D eigenvalue weighted by molar-refractivity contribution is -0.139. The van der Waals surface area contributed by atoms with Crippen LogP contribution in [-0.4, -0.2) is 46.0 Å². The van der Waals surface area contributed by atoms with Gasteiger partial charge in [-0.1, -0.05) is 5.57 Å². The summed E-state index contributed by atoms with van der Waals surface area (Å²) in [7, 11) is 0. The molecule has 90 valence electrons. The van der Waals surface area contributed by atoms with Crippen LogP contribution in [-0.2, 0) is 9.59 Å². The van der Waals surface area contributed by atoms with Crippen LogP contribution in [0.15, 0.2) is 11.6 Å². The number of amides is 1. The summed E-state index contributed by atoms with van der Waals surface area (Å²) in [6, 6.07) is -0.167. The lowest BCUT2D eigenvalue weighted by Crippen LogP contribution is -2.46. The van der Waals surface area contributed by atoms with Crippen molar-refractivity contribution in [2.75, 3.05) is 18.1 Å². The standard InChI is InChI=1S/C11H17NO3S/c1-8(2)5-10(13)12-3-4-16-7-9(12)6-11(14)15/h5,9H,3-4,6-7H2,1-2H3,(H,14,15). The largest absolute Gasteiger partial charge is 0.481 e. The molecule has 5 heteroatoms. The van der Waals surface area contributed by atoms with Gasteiger partial charge >= 0.3 is 5.97 Å². The summed E-state index contributed by atoms with van der Waals surface area (Å²) >= 11 is 1.71. The maximum Gasteiger partial charge on any atom is 0.305 e. The molecule has 1 aliphatic heterocycles. The van der Waals surface area contributed by atoms with Crippen molar-refractivity contribution in [1.82, 2.24) is 4.90 Å². The van der Waals surface area contributed by atoms with Crippen LogP contribution in [0.5, 0.6) is 0 Å². The molecule has 0 aromatic heterocycles. The zero-order valence-corrected chi connectivity index (χ0v) is 10.4. The van der Waals surface area contributed by atoms with E-state index in [1.54, 1.807) is 22.7 Å².